The number of nitrogens with zero attached hydrogens (tertiary/aromatic N) is 1. The third kappa shape index (κ3) is 3.70. The number of aromatic nitrogens is 2. The van der Waals surface area contributed by atoms with Gasteiger partial charge in [-0.15, -0.1) is 0 Å². The minimum Gasteiger partial charge on any atom is -0.346 e. The second kappa shape index (κ2) is 5.21. The maximum absolute atomic E-state index is 12.9. The van der Waals surface area contributed by atoms with Gasteiger partial charge in [0.2, 0.25) is 0 Å². The Hall–Kier alpha value is -1.55. The summed E-state index contributed by atoms with van der Waals surface area (Å²) in [5.41, 5.74) is 2.06. The summed E-state index contributed by atoms with van der Waals surface area (Å²) in [5.74, 6) is 0.581. The molecule has 100 valence electrons. The highest BCUT2D eigenvalue weighted by Gasteiger charge is 2.15. The van der Waals surface area contributed by atoms with Crippen molar-refractivity contribution in [2.24, 2.45) is 0 Å². The van der Waals surface area contributed by atoms with Crippen LogP contribution in [0.25, 0.3) is 0 Å². The fourth-order valence-corrected chi connectivity index (χ4v) is 2.02. The van der Waals surface area contributed by atoms with Crippen molar-refractivity contribution in [1.29, 1.82) is 0 Å². The minimum absolute atomic E-state index is 0.00591. The molecule has 0 aliphatic heterocycles. The maximum Gasteiger partial charge on any atom is 0.130 e. The van der Waals surface area contributed by atoms with Crippen LogP contribution in [0.15, 0.2) is 30.3 Å². The first-order valence-corrected chi connectivity index (χ1v) is 6.60. The van der Waals surface area contributed by atoms with Crippen LogP contribution < -0.4 is 0 Å². The van der Waals surface area contributed by atoms with Gasteiger partial charge in [-0.05, 0) is 23.8 Å². The molecule has 0 unspecified atom stereocenters. The van der Waals surface area contributed by atoms with Crippen LogP contribution in [0.1, 0.15) is 37.9 Å². The Labute approximate surface area is 117 Å². The smallest absolute Gasteiger partial charge is 0.130 e. The van der Waals surface area contributed by atoms with Crippen LogP contribution >= 0.6 is 12.2 Å². The van der Waals surface area contributed by atoms with Crippen LogP contribution in [0, 0.1) is 10.5 Å². The van der Waals surface area contributed by atoms with E-state index in [-0.39, 0.29) is 11.2 Å². The second-order valence-electron chi connectivity index (χ2n) is 5.63. The normalized spacial score (nSPS) is 11.6. The highest BCUT2D eigenvalue weighted by atomic mass is 32.1. The molecule has 1 aromatic heterocycles. The Kier molecular flexibility index (Phi) is 3.80. The first-order chi connectivity index (χ1) is 8.84. The molecule has 0 aliphatic rings. The number of hydrogen-bond acceptors (Lipinski definition) is 2. The zero-order valence-corrected chi connectivity index (χ0v) is 12.1. The van der Waals surface area contributed by atoms with Crippen LogP contribution in [-0.2, 0) is 11.8 Å². The van der Waals surface area contributed by atoms with E-state index in [9.17, 15) is 4.39 Å². The zero-order chi connectivity index (χ0) is 14.0. The van der Waals surface area contributed by atoms with Gasteiger partial charge in [0.1, 0.15) is 16.3 Å². The Morgan fingerprint density at radius 1 is 1.21 bits per heavy atom. The molecule has 2 nitrogen and oxygen atoms in total. The average molecular weight is 276 g/mol. The Bertz CT molecular complexity index is 624. The molecular formula is C15H17FN2S. The van der Waals surface area contributed by atoms with E-state index in [1.54, 1.807) is 12.1 Å². The Balaban J connectivity index is 2.33. The van der Waals surface area contributed by atoms with Gasteiger partial charge in [-0.25, -0.2) is 9.37 Å². The molecule has 0 aliphatic carbocycles. The molecule has 2 aromatic rings. The monoisotopic (exact) mass is 276 g/mol. The van der Waals surface area contributed by atoms with Crippen molar-refractivity contribution >= 4 is 12.2 Å². The average Bonchev–Trinajstić information content (AvgIpc) is 2.30. The van der Waals surface area contributed by atoms with Crippen molar-refractivity contribution in [2.75, 3.05) is 0 Å². The molecule has 0 atom stereocenters. The Morgan fingerprint density at radius 3 is 2.42 bits per heavy atom. The zero-order valence-electron chi connectivity index (χ0n) is 11.3. The van der Waals surface area contributed by atoms with E-state index in [1.807, 2.05) is 6.07 Å². The summed E-state index contributed by atoms with van der Waals surface area (Å²) in [7, 11) is 0. The third-order valence-corrected chi connectivity index (χ3v) is 3.09. The molecule has 0 amide bonds. The molecule has 0 fully saturated rings. The highest BCUT2D eigenvalue weighted by Crippen LogP contribution is 2.20. The number of hydrogen-bond donors (Lipinski definition) is 1. The van der Waals surface area contributed by atoms with Crippen molar-refractivity contribution in [1.82, 2.24) is 9.97 Å². The van der Waals surface area contributed by atoms with Gasteiger partial charge in [0.25, 0.3) is 0 Å². The van der Waals surface area contributed by atoms with E-state index in [0.717, 1.165) is 17.1 Å². The first-order valence-electron chi connectivity index (χ1n) is 6.20. The summed E-state index contributed by atoms with van der Waals surface area (Å²) < 4.78 is 13.5. The standard InChI is InChI=1S/C15H17FN2S/c1-15(2,3)12-9-14(19)18-13(17-12)8-10-4-6-11(16)7-5-10/h4-7,9H,8H2,1-3H3,(H,17,18,19). The predicted octanol–water partition coefficient (Wildman–Crippen LogP) is 4.17. The lowest BCUT2D eigenvalue weighted by atomic mass is 9.92. The van der Waals surface area contributed by atoms with E-state index in [2.05, 4.69) is 30.7 Å². The van der Waals surface area contributed by atoms with Gasteiger partial charge in [0, 0.05) is 17.5 Å². The SMILES string of the molecule is CC(C)(C)c1cc(=S)nc(Cc2ccc(F)cc2)[nH]1. The van der Waals surface area contributed by atoms with E-state index in [4.69, 9.17) is 12.2 Å². The number of halogens is 1. The lowest BCUT2D eigenvalue weighted by molar-refractivity contribution is 0.562. The lowest BCUT2D eigenvalue weighted by Gasteiger charge is -2.19. The van der Waals surface area contributed by atoms with Gasteiger partial charge in [0.15, 0.2) is 0 Å². The predicted molar refractivity (Wildman–Crippen MR) is 77.3 cm³/mol. The first kappa shape index (κ1) is 13.9. The van der Waals surface area contributed by atoms with Crippen LogP contribution in [-0.4, -0.2) is 9.97 Å². The van der Waals surface area contributed by atoms with Crippen molar-refractivity contribution in [3.05, 3.63) is 57.9 Å². The molecule has 1 heterocycles. The summed E-state index contributed by atoms with van der Waals surface area (Å²) >= 11 is 5.20. The molecular weight excluding hydrogens is 259 g/mol. The van der Waals surface area contributed by atoms with Crippen molar-refractivity contribution in [3.63, 3.8) is 0 Å². The summed E-state index contributed by atoms with van der Waals surface area (Å²) in [6.45, 7) is 6.36. The third-order valence-electron chi connectivity index (χ3n) is 2.88. The van der Waals surface area contributed by atoms with E-state index >= 15 is 0 Å². The number of aromatic amines is 1. The lowest BCUT2D eigenvalue weighted by Crippen LogP contribution is -2.15. The molecule has 4 heteroatoms. The van der Waals surface area contributed by atoms with Gasteiger partial charge >= 0.3 is 0 Å². The van der Waals surface area contributed by atoms with Crippen LogP contribution in [0.5, 0.6) is 0 Å². The summed E-state index contributed by atoms with van der Waals surface area (Å²) in [4.78, 5) is 7.65. The molecule has 0 spiro atoms. The Morgan fingerprint density at radius 2 is 1.84 bits per heavy atom. The van der Waals surface area contributed by atoms with Crippen LogP contribution in [0.3, 0.4) is 0 Å². The molecule has 2 rings (SSSR count). The van der Waals surface area contributed by atoms with E-state index < -0.39 is 0 Å². The van der Waals surface area contributed by atoms with Crippen LogP contribution in [0.2, 0.25) is 0 Å². The summed E-state index contributed by atoms with van der Waals surface area (Å²) in [6.07, 6.45) is 0.619. The van der Waals surface area contributed by atoms with E-state index in [1.165, 1.54) is 12.1 Å². The van der Waals surface area contributed by atoms with Crippen molar-refractivity contribution in [3.8, 4) is 0 Å². The molecule has 0 saturated heterocycles. The molecule has 1 N–H and O–H groups in total. The van der Waals surface area contributed by atoms with E-state index in [0.29, 0.717) is 11.1 Å². The van der Waals surface area contributed by atoms with Gasteiger partial charge in [-0.2, -0.15) is 0 Å². The molecule has 0 saturated carbocycles. The second-order valence-corrected chi connectivity index (χ2v) is 6.05. The van der Waals surface area contributed by atoms with Gasteiger partial charge in [-0.3, -0.25) is 0 Å². The van der Waals surface area contributed by atoms with Crippen molar-refractivity contribution < 1.29 is 4.39 Å². The molecule has 0 radical (unpaired) electrons. The minimum atomic E-state index is -0.229. The quantitative estimate of drug-likeness (QED) is 0.834. The van der Waals surface area contributed by atoms with Gasteiger partial charge in [-0.1, -0.05) is 45.1 Å². The fraction of sp³-hybridized carbons (Fsp3) is 0.333. The van der Waals surface area contributed by atoms with Crippen molar-refractivity contribution in [2.45, 2.75) is 32.6 Å². The molecule has 0 bridgehead atoms. The fourth-order valence-electron chi connectivity index (χ4n) is 1.79. The van der Waals surface area contributed by atoms with Gasteiger partial charge in [0.05, 0.1) is 0 Å². The maximum atomic E-state index is 12.9. The number of rotatable bonds is 2. The molecule has 19 heavy (non-hydrogen) atoms. The van der Waals surface area contributed by atoms with Gasteiger partial charge < -0.3 is 4.98 Å². The largest absolute Gasteiger partial charge is 0.346 e. The number of benzene rings is 1. The number of H-pyrrole nitrogens is 1. The highest BCUT2D eigenvalue weighted by molar-refractivity contribution is 7.71. The topological polar surface area (TPSA) is 28.7 Å². The molecule has 1 aromatic carbocycles. The van der Waals surface area contributed by atoms with Crippen LogP contribution in [0.4, 0.5) is 4.39 Å². The number of nitrogens with one attached hydrogen (secondary N) is 1. The summed E-state index contributed by atoms with van der Waals surface area (Å²) in [6, 6.07) is 8.33. The summed E-state index contributed by atoms with van der Waals surface area (Å²) in [5, 5.41) is 0.